The van der Waals surface area contributed by atoms with Gasteiger partial charge in [-0.25, -0.2) is 0 Å². The molecule has 12 heteroatoms. The molecule has 2 rings (SSSR count). The van der Waals surface area contributed by atoms with E-state index in [1.165, 1.54) is 0 Å². The zero-order chi connectivity index (χ0) is 19.6. The van der Waals surface area contributed by atoms with E-state index in [1.54, 1.807) is 0 Å². The maximum atomic E-state index is 11.2. The summed E-state index contributed by atoms with van der Waals surface area (Å²) in [5, 5.41) is 70.7. The van der Waals surface area contributed by atoms with Crippen molar-refractivity contribution >= 4 is 5.91 Å². The third kappa shape index (κ3) is 4.31. The number of carbonyl (C=O) groups is 1. The number of hydrogen-bond donors (Lipinski definition) is 8. The van der Waals surface area contributed by atoms with Crippen molar-refractivity contribution in [3.8, 4) is 0 Å². The average molecular weight is 383 g/mol. The van der Waals surface area contributed by atoms with E-state index in [4.69, 9.17) is 14.2 Å². The first kappa shape index (κ1) is 21.4. The molecule has 2 heterocycles. The first-order chi connectivity index (χ1) is 12.2. The van der Waals surface area contributed by atoms with Gasteiger partial charge in [-0.15, -0.1) is 0 Å². The summed E-state index contributed by atoms with van der Waals surface area (Å²) in [5.41, 5.74) is 0. The molecule has 1 amide bonds. The topological polar surface area (TPSA) is 198 Å². The minimum absolute atomic E-state index is 0.564. The molecule has 8 N–H and O–H groups in total. The van der Waals surface area contributed by atoms with Crippen LogP contribution in [0.3, 0.4) is 0 Å². The van der Waals surface area contributed by atoms with Crippen molar-refractivity contribution in [2.24, 2.45) is 0 Å². The molecule has 0 radical (unpaired) electrons. The van der Waals surface area contributed by atoms with Gasteiger partial charge in [0.1, 0.15) is 48.8 Å². The van der Waals surface area contributed by atoms with Crippen LogP contribution < -0.4 is 5.32 Å². The second-order valence-corrected chi connectivity index (χ2v) is 6.26. The summed E-state index contributed by atoms with van der Waals surface area (Å²) in [6.45, 7) is -0.195. The predicted octanol–water partition coefficient (Wildman–Crippen LogP) is -5.25. The third-order valence-electron chi connectivity index (χ3n) is 4.38. The van der Waals surface area contributed by atoms with Crippen LogP contribution in [0.25, 0.3) is 0 Å². The summed E-state index contributed by atoms with van der Waals surface area (Å²) in [4.78, 5) is 11.2. The number of hydrogen-bond acceptors (Lipinski definition) is 11. The molecule has 0 aromatic heterocycles. The van der Waals surface area contributed by atoms with Crippen molar-refractivity contribution < 1.29 is 54.8 Å². The largest absolute Gasteiger partial charge is 0.394 e. The lowest BCUT2D eigenvalue weighted by molar-refractivity contribution is -0.345. The normalized spacial score (nSPS) is 46.8. The molecular formula is C14H25NO11. The van der Waals surface area contributed by atoms with Crippen LogP contribution in [0, 0.1) is 0 Å². The van der Waals surface area contributed by atoms with Crippen molar-refractivity contribution in [1.29, 1.82) is 0 Å². The lowest BCUT2D eigenvalue weighted by Gasteiger charge is -2.46. The fraction of sp³-hybridized carbons (Fsp3) is 0.929. The van der Waals surface area contributed by atoms with Gasteiger partial charge in [0.2, 0.25) is 5.91 Å². The molecule has 10 atom stereocenters. The molecule has 0 aromatic rings. The van der Waals surface area contributed by atoms with Gasteiger partial charge < -0.3 is 55.3 Å². The lowest BCUT2D eigenvalue weighted by atomic mass is 9.95. The van der Waals surface area contributed by atoms with E-state index in [0.29, 0.717) is 0 Å². The first-order valence-corrected chi connectivity index (χ1v) is 8.06. The predicted molar refractivity (Wildman–Crippen MR) is 80.2 cm³/mol. The van der Waals surface area contributed by atoms with Crippen LogP contribution in [0.2, 0.25) is 0 Å². The monoisotopic (exact) mass is 383 g/mol. The van der Waals surface area contributed by atoms with Crippen LogP contribution in [-0.4, -0.2) is 116 Å². The Labute approximate surface area is 148 Å². The highest BCUT2D eigenvalue weighted by Gasteiger charge is 2.50. The Kier molecular flexibility index (Phi) is 7.27. The molecule has 152 valence electrons. The van der Waals surface area contributed by atoms with Crippen molar-refractivity contribution in [2.45, 2.75) is 68.3 Å². The van der Waals surface area contributed by atoms with Gasteiger partial charge in [-0.05, 0) is 0 Å². The van der Waals surface area contributed by atoms with Crippen LogP contribution in [0.4, 0.5) is 0 Å². The number of aliphatic hydroxyl groups excluding tert-OH is 7. The Morgan fingerprint density at radius 2 is 1.54 bits per heavy atom. The molecule has 26 heavy (non-hydrogen) atoms. The molecule has 0 bridgehead atoms. The minimum Gasteiger partial charge on any atom is -0.394 e. The molecule has 2 aliphatic rings. The Morgan fingerprint density at radius 3 is 2.08 bits per heavy atom. The van der Waals surface area contributed by atoms with Crippen molar-refractivity contribution in [3.05, 3.63) is 0 Å². The molecule has 12 nitrogen and oxygen atoms in total. The summed E-state index contributed by atoms with van der Waals surface area (Å²) >= 11 is 0. The first-order valence-electron chi connectivity index (χ1n) is 8.06. The molecule has 2 saturated heterocycles. The van der Waals surface area contributed by atoms with Gasteiger partial charge in [-0.2, -0.15) is 0 Å². The number of nitrogens with one attached hydrogen (secondary N) is 1. The SMILES string of the molecule is CC(=O)N[C@@H]1[C@@H](O)[C@H](O[C@H]2O[C@@H](CO)[C@H](O)[C@@H](O)[C@@H]2O)[C@@H](CO)O[C@@H]1O. The smallest absolute Gasteiger partial charge is 0.217 e. The molecular weight excluding hydrogens is 358 g/mol. The van der Waals surface area contributed by atoms with Gasteiger partial charge in [0.25, 0.3) is 0 Å². The van der Waals surface area contributed by atoms with Crippen LogP contribution in [0.5, 0.6) is 0 Å². The Morgan fingerprint density at radius 1 is 0.923 bits per heavy atom. The molecule has 0 spiro atoms. The minimum atomic E-state index is -1.73. The van der Waals surface area contributed by atoms with Crippen molar-refractivity contribution in [2.75, 3.05) is 13.2 Å². The molecule has 2 aliphatic heterocycles. The van der Waals surface area contributed by atoms with Crippen molar-refractivity contribution in [1.82, 2.24) is 5.32 Å². The highest BCUT2D eigenvalue weighted by Crippen LogP contribution is 2.28. The molecule has 0 unspecified atom stereocenters. The van der Waals surface area contributed by atoms with Crippen LogP contribution in [0.15, 0.2) is 0 Å². The molecule has 2 fully saturated rings. The van der Waals surface area contributed by atoms with Gasteiger partial charge in [0, 0.05) is 6.92 Å². The Bertz CT molecular complexity index is 478. The fourth-order valence-corrected chi connectivity index (χ4v) is 2.98. The van der Waals surface area contributed by atoms with E-state index in [-0.39, 0.29) is 0 Å². The van der Waals surface area contributed by atoms with Crippen LogP contribution in [0.1, 0.15) is 6.92 Å². The van der Waals surface area contributed by atoms with Gasteiger partial charge in [0.05, 0.1) is 13.2 Å². The zero-order valence-electron chi connectivity index (χ0n) is 14.0. The van der Waals surface area contributed by atoms with E-state index in [1.807, 2.05) is 0 Å². The van der Waals surface area contributed by atoms with Gasteiger partial charge in [-0.1, -0.05) is 0 Å². The highest BCUT2D eigenvalue weighted by molar-refractivity contribution is 5.73. The maximum Gasteiger partial charge on any atom is 0.217 e. The summed E-state index contributed by atoms with van der Waals surface area (Å²) < 4.78 is 15.7. The summed E-state index contributed by atoms with van der Waals surface area (Å²) in [5.74, 6) is -0.564. The zero-order valence-corrected chi connectivity index (χ0v) is 14.0. The van der Waals surface area contributed by atoms with Crippen molar-refractivity contribution in [3.63, 3.8) is 0 Å². The summed E-state index contributed by atoms with van der Waals surface area (Å²) in [6, 6.07) is -1.29. The lowest BCUT2D eigenvalue weighted by Crippen LogP contribution is -2.67. The number of aliphatic hydroxyl groups is 7. The molecule has 0 aliphatic carbocycles. The van der Waals surface area contributed by atoms with Gasteiger partial charge >= 0.3 is 0 Å². The average Bonchev–Trinajstić information content (AvgIpc) is 2.60. The van der Waals surface area contributed by atoms with Crippen LogP contribution in [-0.2, 0) is 19.0 Å². The van der Waals surface area contributed by atoms with Gasteiger partial charge in [0.15, 0.2) is 12.6 Å². The molecule has 0 saturated carbocycles. The van der Waals surface area contributed by atoms with E-state index >= 15 is 0 Å². The van der Waals surface area contributed by atoms with E-state index in [9.17, 15) is 40.5 Å². The number of amides is 1. The summed E-state index contributed by atoms with van der Waals surface area (Å²) in [6.07, 6.45) is -13.6. The van der Waals surface area contributed by atoms with Gasteiger partial charge in [-0.3, -0.25) is 4.79 Å². The van der Waals surface area contributed by atoms with E-state index in [2.05, 4.69) is 5.32 Å². The van der Waals surface area contributed by atoms with E-state index in [0.717, 1.165) is 6.92 Å². The number of ether oxygens (including phenoxy) is 3. The van der Waals surface area contributed by atoms with E-state index < -0.39 is 80.5 Å². The number of rotatable bonds is 5. The number of carbonyl (C=O) groups excluding carboxylic acids is 1. The summed E-state index contributed by atoms with van der Waals surface area (Å²) in [7, 11) is 0. The fourth-order valence-electron chi connectivity index (χ4n) is 2.98. The molecule has 0 aromatic carbocycles. The quantitative estimate of drug-likeness (QED) is 0.226. The maximum absolute atomic E-state index is 11.2. The second-order valence-electron chi connectivity index (χ2n) is 6.26. The highest BCUT2D eigenvalue weighted by atomic mass is 16.7. The van der Waals surface area contributed by atoms with Crippen LogP contribution >= 0.6 is 0 Å². The second kappa shape index (κ2) is 8.84. The Hall–Kier alpha value is -0.930. The third-order valence-corrected chi connectivity index (χ3v) is 4.38. The standard InChI is InChI=1S/C14H25NO11/c1-4(18)15-7-9(20)12(6(3-17)24-13(7)23)26-14-11(22)10(21)8(19)5(2-16)25-14/h5-14,16-17,19-23H,2-3H2,1H3,(H,15,18)/t5-,6+,7+,8-,9+,10+,11-,12+,13-,14+/m0/s1. The Balaban J connectivity index is 2.16.